The molecule has 1 amide bonds. The number of amides is 1. The highest BCUT2D eigenvalue weighted by Crippen LogP contribution is 2.31. The van der Waals surface area contributed by atoms with Crippen LogP contribution in [0.2, 0.25) is 10.3 Å². The summed E-state index contributed by atoms with van der Waals surface area (Å²) in [5.41, 5.74) is 0.450. The lowest BCUT2D eigenvalue weighted by molar-refractivity contribution is -0.392. The van der Waals surface area contributed by atoms with Gasteiger partial charge >= 0.3 is 11.9 Å². The topological polar surface area (TPSA) is 137 Å². The molecule has 0 bridgehead atoms. The molecule has 0 aromatic carbocycles. The molecule has 30 heavy (non-hydrogen) atoms. The Morgan fingerprint density at radius 2 is 1.90 bits per heavy atom. The van der Waals surface area contributed by atoms with Crippen molar-refractivity contribution < 1.29 is 14.5 Å². The van der Waals surface area contributed by atoms with Crippen LogP contribution in [0.4, 0.5) is 16.6 Å². The van der Waals surface area contributed by atoms with E-state index in [1.54, 1.807) is 13.8 Å². The maximum absolute atomic E-state index is 12.1. The number of hydrogen-bond donors (Lipinski definition) is 2. The van der Waals surface area contributed by atoms with E-state index in [2.05, 4.69) is 25.6 Å². The summed E-state index contributed by atoms with van der Waals surface area (Å²) in [6.07, 6.45) is -1.19. The minimum atomic E-state index is -2.04. The van der Waals surface area contributed by atoms with Crippen molar-refractivity contribution in [3.8, 4) is 0 Å². The highest BCUT2D eigenvalue weighted by molar-refractivity contribution is 6.68. The lowest BCUT2D eigenvalue weighted by Gasteiger charge is -2.26. The molecule has 0 radical (unpaired) electrons. The zero-order chi connectivity index (χ0) is 22.6. The van der Waals surface area contributed by atoms with E-state index in [4.69, 9.17) is 62.7 Å². The van der Waals surface area contributed by atoms with Gasteiger partial charge in [0.2, 0.25) is 9.74 Å². The number of carbonyl (C=O) groups is 1. The second-order valence-electron chi connectivity index (χ2n) is 5.73. The number of nitrogens with zero attached hydrogens (tertiary/aromatic N) is 5. The molecular weight excluding hydrogens is 507 g/mol. The van der Waals surface area contributed by atoms with E-state index in [0.717, 1.165) is 6.20 Å². The third-order valence-electron chi connectivity index (χ3n) is 3.66. The highest BCUT2D eigenvalue weighted by atomic mass is 35.6. The fraction of sp³-hybridized carbons (Fsp3) is 0.429. The predicted octanol–water partition coefficient (Wildman–Crippen LogP) is 4.04. The molecule has 0 aliphatic rings. The molecule has 0 aliphatic heterocycles. The van der Waals surface area contributed by atoms with Gasteiger partial charge in [-0.2, -0.15) is 0 Å². The van der Waals surface area contributed by atoms with Crippen LogP contribution in [0.3, 0.4) is 0 Å². The number of aryl methyl sites for hydroxylation is 1. The number of halogens is 5. The van der Waals surface area contributed by atoms with Crippen LogP contribution in [0, 0.1) is 24.0 Å². The minimum absolute atomic E-state index is 0.00623. The number of anilines is 1. The van der Waals surface area contributed by atoms with Gasteiger partial charge in [0, 0.05) is 12.5 Å². The molecule has 2 heterocycles. The molecule has 2 N–H and O–H groups in total. The zero-order valence-corrected chi connectivity index (χ0v) is 19.1. The van der Waals surface area contributed by atoms with E-state index in [9.17, 15) is 14.9 Å². The number of carbonyl (C=O) groups excluding carboxylic acids is 1. The lowest BCUT2D eigenvalue weighted by Crippen LogP contribution is -2.49. The van der Waals surface area contributed by atoms with Gasteiger partial charge in [0.05, 0.1) is 0 Å². The average molecular weight is 522 g/mol. The normalized spacial score (nSPS) is 12.4. The molecule has 0 saturated carbocycles. The van der Waals surface area contributed by atoms with E-state index < -0.39 is 21.0 Å². The Morgan fingerprint density at radius 3 is 2.43 bits per heavy atom. The van der Waals surface area contributed by atoms with Gasteiger partial charge < -0.3 is 20.2 Å². The summed E-state index contributed by atoms with van der Waals surface area (Å²) in [5, 5.41) is 16.0. The summed E-state index contributed by atoms with van der Waals surface area (Å²) in [6.45, 7) is 2.97. The first-order valence-corrected chi connectivity index (χ1v) is 9.91. The molecular formula is C14H14Cl5N7O4. The molecule has 16 heteroatoms. The number of aromatic nitrogens is 4. The SMILES string of the molecule is Cc1c(Cl)nc(NC(NC(=O)OCCn2c([N+](=O)[O-])cnc2C)C(Cl)(Cl)Cl)nc1Cl. The van der Waals surface area contributed by atoms with Crippen molar-refractivity contribution in [2.75, 3.05) is 11.9 Å². The molecule has 2 aromatic rings. The lowest BCUT2D eigenvalue weighted by atomic mass is 10.4. The molecule has 1 atom stereocenters. The van der Waals surface area contributed by atoms with Crippen LogP contribution in [-0.2, 0) is 11.3 Å². The van der Waals surface area contributed by atoms with Gasteiger partial charge in [-0.3, -0.25) is 5.32 Å². The van der Waals surface area contributed by atoms with Gasteiger partial charge in [-0.1, -0.05) is 58.0 Å². The molecule has 2 aromatic heterocycles. The van der Waals surface area contributed by atoms with Crippen molar-refractivity contribution in [2.24, 2.45) is 0 Å². The third kappa shape index (κ3) is 6.35. The second-order valence-corrected chi connectivity index (χ2v) is 8.81. The minimum Gasteiger partial charge on any atom is -0.445 e. The molecule has 0 aliphatic carbocycles. The Balaban J connectivity index is 2.01. The first-order valence-electron chi connectivity index (χ1n) is 8.02. The first kappa shape index (κ1) is 24.5. The summed E-state index contributed by atoms with van der Waals surface area (Å²) in [4.78, 5) is 34.2. The summed E-state index contributed by atoms with van der Waals surface area (Å²) < 4.78 is 4.25. The fourth-order valence-corrected chi connectivity index (χ4v) is 2.84. The van der Waals surface area contributed by atoms with E-state index in [1.807, 2.05) is 0 Å². The number of ether oxygens (including phenoxy) is 1. The van der Waals surface area contributed by atoms with Crippen LogP contribution in [0.25, 0.3) is 0 Å². The highest BCUT2D eigenvalue weighted by Gasteiger charge is 2.35. The number of nitro groups is 1. The van der Waals surface area contributed by atoms with Gasteiger partial charge in [0.25, 0.3) is 0 Å². The molecule has 11 nitrogen and oxygen atoms in total. The largest absolute Gasteiger partial charge is 0.445 e. The number of alkyl carbamates (subject to hydrolysis) is 1. The molecule has 0 spiro atoms. The molecule has 0 fully saturated rings. The maximum atomic E-state index is 12.1. The van der Waals surface area contributed by atoms with Gasteiger partial charge in [-0.25, -0.2) is 24.3 Å². The maximum Gasteiger partial charge on any atom is 0.409 e. The Hall–Kier alpha value is -1.79. The van der Waals surface area contributed by atoms with Crippen molar-refractivity contribution in [1.82, 2.24) is 24.8 Å². The summed E-state index contributed by atoms with van der Waals surface area (Å²) in [6, 6.07) is 0. The Bertz CT molecular complexity index is 926. The smallest absolute Gasteiger partial charge is 0.409 e. The van der Waals surface area contributed by atoms with Crippen LogP contribution in [0.1, 0.15) is 11.4 Å². The van der Waals surface area contributed by atoms with Gasteiger partial charge in [0.15, 0.2) is 12.0 Å². The Morgan fingerprint density at radius 1 is 1.30 bits per heavy atom. The van der Waals surface area contributed by atoms with Crippen molar-refractivity contribution in [3.05, 3.63) is 38.0 Å². The number of alkyl halides is 3. The predicted molar refractivity (Wildman–Crippen MR) is 113 cm³/mol. The summed E-state index contributed by atoms with van der Waals surface area (Å²) in [7, 11) is 0. The van der Waals surface area contributed by atoms with E-state index in [0.29, 0.717) is 11.4 Å². The van der Waals surface area contributed by atoms with Crippen LogP contribution >= 0.6 is 58.0 Å². The van der Waals surface area contributed by atoms with Crippen molar-refractivity contribution in [2.45, 2.75) is 30.4 Å². The average Bonchev–Trinajstić information content (AvgIpc) is 2.99. The monoisotopic (exact) mass is 519 g/mol. The van der Waals surface area contributed by atoms with Gasteiger partial charge in [0.1, 0.15) is 29.7 Å². The van der Waals surface area contributed by atoms with Crippen LogP contribution in [0.5, 0.6) is 0 Å². The van der Waals surface area contributed by atoms with Crippen molar-refractivity contribution in [1.29, 1.82) is 0 Å². The number of rotatable bonds is 7. The summed E-state index contributed by atoms with van der Waals surface area (Å²) >= 11 is 29.5. The number of nitrogens with one attached hydrogen (secondary N) is 2. The Kier molecular flexibility index (Phi) is 8.17. The number of hydrogen-bond acceptors (Lipinski definition) is 8. The van der Waals surface area contributed by atoms with Gasteiger partial charge in [-0.05, 0) is 11.8 Å². The quantitative estimate of drug-likeness (QED) is 0.183. The second kappa shape index (κ2) is 10.0. The van der Waals surface area contributed by atoms with Crippen molar-refractivity contribution >= 4 is 75.9 Å². The van der Waals surface area contributed by atoms with E-state index >= 15 is 0 Å². The molecule has 1 unspecified atom stereocenters. The van der Waals surface area contributed by atoms with Crippen LogP contribution in [0.15, 0.2) is 6.20 Å². The van der Waals surface area contributed by atoms with E-state index in [-0.39, 0.29) is 35.2 Å². The zero-order valence-electron chi connectivity index (χ0n) is 15.3. The number of imidazole rings is 1. The third-order valence-corrected chi connectivity index (χ3v) is 5.05. The van der Waals surface area contributed by atoms with Crippen LogP contribution in [-0.4, -0.2) is 47.1 Å². The van der Waals surface area contributed by atoms with Crippen LogP contribution < -0.4 is 10.6 Å². The fourth-order valence-electron chi connectivity index (χ4n) is 2.12. The molecule has 164 valence electrons. The van der Waals surface area contributed by atoms with E-state index in [1.165, 1.54) is 4.57 Å². The first-order chi connectivity index (χ1) is 13.9. The standard InChI is InChI=1S/C14H14Cl5N7O4/c1-6-9(15)21-12(22-10(6)16)23-11(14(17,18)19)24-13(27)30-4-3-25-7(2)20-5-8(25)26(28)29/h5,11H,3-4H2,1-2H3,(H,24,27)(H,21,22,23). The van der Waals surface area contributed by atoms with Crippen molar-refractivity contribution in [3.63, 3.8) is 0 Å². The molecule has 0 saturated heterocycles. The summed E-state index contributed by atoms with van der Waals surface area (Å²) in [5.74, 6) is 0.0522. The molecule has 2 rings (SSSR count). The van der Waals surface area contributed by atoms with Gasteiger partial charge in [-0.15, -0.1) is 0 Å². The Labute approximate surface area is 195 Å².